The van der Waals surface area contributed by atoms with Crippen LogP contribution in [0, 0.1) is 12.7 Å². The lowest BCUT2D eigenvalue weighted by Crippen LogP contribution is -2.03. The highest BCUT2D eigenvalue weighted by Crippen LogP contribution is 2.31. The molecule has 0 bridgehead atoms. The Balaban J connectivity index is 2.30. The number of phenols is 1. The summed E-state index contributed by atoms with van der Waals surface area (Å²) in [7, 11) is 0. The lowest BCUT2D eigenvalue weighted by Gasteiger charge is -2.13. The monoisotopic (exact) mass is 284 g/mol. The normalized spacial score (nSPS) is 11.5. The second kappa shape index (κ2) is 4.88. The number of benzene rings is 2. The van der Waals surface area contributed by atoms with Crippen molar-refractivity contribution in [1.29, 1.82) is 0 Å². The molecule has 2 aromatic carbocycles. The summed E-state index contributed by atoms with van der Waals surface area (Å²) in [6.07, 6.45) is 0. The molecule has 108 valence electrons. The Morgan fingerprint density at radius 2 is 1.90 bits per heavy atom. The van der Waals surface area contributed by atoms with Crippen molar-refractivity contribution in [1.82, 2.24) is 9.55 Å². The quantitative estimate of drug-likeness (QED) is 0.755. The van der Waals surface area contributed by atoms with Gasteiger partial charge >= 0.3 is 0 Å². The molecule has 0 amide bonds. The smallest absolute Gasteiger partial charge is 0.141 e. The molecule has 21 heavy (non-hydrogen) atoms. The number of rotatable bonds is 2. The van der Waals surface area contributed by atoms with Crippen molar-refractivity contribution in [3.63, 3.8) is 0 Å². The lowest BCUT2D eigenvalue weighted by molar-refractivity contribution is 0.471. The molecule has 3 nitrogen and oxygen atoms in total. The van der Waals surface area contributed by atoms with E-state index in [-0.39, 0.29) is 17.6 Å². The van der Waals surface area contributed by atoms with Gasteiger partial charge in [0.2, 0.25) is 0 Å². The molecule has 0 spiro atoms. The van der Waals surface area contributed by atoms with Gasteiger partial charge in [0.05, 0.1) is 11.0 Å². The van der Waals surface area contributed by atoms with Gasteiger partial charge in [0.15, 0.2) is 0 Å². The van der Waals surface area contributed by atoms with Crippen LogP contribution in [0.5, 0.6) is 5.75 Å². The number of halogens is 1. The SMILES string of the molecule is Cc1cc(-c2nc3ccc(F)cc3n2C(C)C)ccc1O. The Morgan fingerprint density at radius 3 is 2.57 bits per heavy atom. The van der Waals surface area contributed by atoms with Crippen molar-refractivity contribution < 1.29 is 9.50 Å². The molecular formula is C17H17FN2O. The number of hydrogen-bond acceptors (Lipinski definition) is 2. The molecule has 3 rings (SSSR count). The third kappa shape index (κ3) is 2.27. The molecule has 0 aliphatic rings. The minimum Gasteiger partial charge on any atom is -0.508 e. The molecule has 3 aromatic rings. The van der Waals surface area contributed by atoms with E-state index in [1.54, 1.807) is 12.1 Å². The number of nitrogens with zero attached hydrogens (tertiary/aromatic N) is 2. The number of fused-ring (bicyclic) bond motifs is 1. The summed E-state index contributed by atoms with van der Waals surface area (Å²) in [6.45, 7) is 5.94. The van der Waals surface area contributed by atoms with E-state index < -0.39 is 0 Å². The van der Waals surface area contributed by atoms with Crippen molar-refractivity contribution >= 4 is 11.0 Å². The summed E-state index contributed by atoms with van der Waals surface area (Å²) in [5, 5.41) is 9.67. The highest BCUT2D eigenvalue weighted by Gasteiger charge is 2.16. The molecule has 4 heteroatoms. The van der Waals surface area contributed by atoms with Gasteiger partial charge < -0.3 is 9.67 Å². The van der Waals surface area contributed by atoms with Crippen molar-refractivity contribution in [2.75, 3.05) is 0 Å². The van der Waals surface area contributed by atoms with Gasteiger partial charge in [-0.25, -0.2) is 9.37 Å². The molecule has 0 aliphatic heterocycles. The number of phenolic OH excluding ortho intramolecular Hbond substituents is 1. The molecule has 0 saturated heterocycles. The Bertz CT molecular complexity index is 821. The Morgan fingerprint density at radius 1 is 1.14 bits per heavy atom. The van der Waals surface area contributed by atoms with Gasteiger partial charge in [-0.05, 0) is 62.7 Å². The third-order valence-electron chi connectivity index (χ3n) is 3.62. The predicted octanol–water partition coefficient (Wildman–Crippen LogP) is 4.44. The topological polar surface area (TPSA) is 38.0 Å². The van der Waals surface area contributed by atoms with Crippen LogP contribution in [0.3, 0.4) is 0 Å². The summed E-state index contributed by atoms with van der Waals surface area (Å²) in [6, 6.07) is 10.2. The van der Waals surface area contributed by atoms with Gasteiger partial charge in [-0.1, -0.05) is 0 Å². The molecular weight excluding hydrogens is 267 g/mol. The van der Waals surface area contributed by atoms with Crippen LogP contribution < -0.4 is 0 Å². The first-order valence-corrected chi connectivity index (χ1v) is 6.95. The number of aryl methyl sites for hydroxylation is 1. The van der Waals surface area contributed by atoms with Crippen LogP contribution in [0.2, 0.25) is 0 Å². The molecule has 0 radical (unpaired) electrons. The maximum Gasteiger partial charge on any atom is 0.141 e. The van der Waals surface area contributed by atoms with Crippen LogP contribution in [0.15, 0.2) is 36.4 Å². The highest BCUT2D eigenvalue weighted by molar-refractivity contribution is 5.81. The second-order valence-electron chi connectivity index (χ2n) is 5.53. The fourth-order valence-corrected chi connectivity index (χ4v) is 2.59. The van der Waals surface area contributed by atoms with E-state index in [1.807, 2.05) is 37.5 Å². The van der Waals surface area contributed by atoms with Crippen LogP contribution in [0.25, 0.3) is 22.4 Å². The molecule has 1 N–H and O–H groups in total. The zero-order chi connectivity index (χ0) is 15.1. The van der Waals surface area contributed by atoms with E-state index in [9.17, 15) is 9.50 Å². The fraction of sp³-hybridized carbons (Fsp3) is 0.235. The largest absolute Gasteiger partial charge is 0.508 e. The summed E-state index contributed by atoms with van der Waals surface area (Å²) >= 11 is 0. The van der Waals surface area contributed by atoms with Crippen molar-refractivity contribution in [3.05, 3.63) is 47.8 Å². The molecule has 0 atom stereocenters. The van der Waals surface area contributed by atoms with Gasteiger partial charge in [-0.2, -0.15) is 0 Å². The van der Waals surface area contributed by atoms with Crippen LogP contribution in [0.1, 0.15) is 25.5 Å². The zero-order valence-electron chi connectivity index (χ0n) is 12.3. The molecule has 0 unspecified atom stereocenters. The van der Waals surface area contributed by atoms with Crippen LogP contribution >= 0.6 is 0 Å². The fourth-order valence-electron chi connectivity index (χ4n) is 2.59. The maximum absolute atomic E-state index is 13.5. The number of hydrogen-bond donors (Lipinski definition) is 1. The van der Waals surface area contributed by atoms with E-state index in [0.717, 1.165) is 28.0 Å². The van der Waals surface area contributed by atoms with Crippen LogP contribution in [0.4, 0.5) is 4.39 Å². The summed E-state index contributed by atoms with van der Waals surface area (Å²) < 4.78 is 15.6. The summed E-state index contributed by atoms with van der Waals surface area (Å²) in [4.78, 5) is 4.63. The number of imidazole rings is 1. The van der Waals surface area contributed by atoms with Gasteiger partial charge in [-0.15, -0.1) is 0 Å². The minimum absolute atomic E-state index is 0.154. The number of aromatic hydroxyl groups is 1. The predicted molar refractivity (Wildman–Crippen MR) is 81.9 cm³/mol. The van der Waals surface area contributed by atoms with Crippen molar-refractivity contribution in [2.45, 2.75) is 26.8 Å². The third-order valence-corrected chi connectivity index (χ3v) is 3.62. The number of aromatic nitrogens is 2. The Labute approximate surface area is 122 Å². The zero-order valence-corrected chi connectivity index (χ0v) is 12.3. The van der Waals surface area contributed by atoms with E-state index in [1.165, 1.54) is 12.1 Å². The van der Waals surface area contributed by atoms with Crippen molar-refractivity contribution in [2.24, 2.45) is 0 Å². The van der Waals surface area contributed by atoms with E-state index in [0.29, 0.717) is 0 Å². The summed E-state index contributed by atoms with van der Waals surface area (Å²) in [5.74, 6) is 0.781. The summed E-state index contributed by atoms with van der Waals surface area (Å²) in [5.41, 5.74) is 3.26. The van der Waals surface area contributed by atoms with E-state index in [2.05, 4.69) is 4.98 Å². The average Bonchev–Trinajstić information content (AvgIpc) is 2.80. The van der Waals surface area contributed by atoms with Crippen LogP contribution in [-0.2, 0) is 0 Å². The van der Waals surface area contributed by atoms with Crippen molar-refractivity contribution in [3.8, 4) is 17.1 Å². The first-order chi connectivity index (χ1) is 9.97. The first-order valence-electron chi connectivity index (χ1n) is 6.95. The van der Waals surface area contributed by atoms with Gasteiger partial charge in [-0.3, -0.25) is 0 Å². The average molecular weight is 284 g/mol. The standard InChI is InChI=1S/C17H17FN2O/c1-10(2)20-15-9-13(18)5-6-14(15)19-17(20)12-4-7-16(21)11(3)8-12/h4-10,21H,1-3H3. The first kappa shape index (κ1) is 13.6. The van der Waals surface area contributed by atoms with Gasteiger partial charge in [0.1, 0.15) is 17.4 Å². The van der Waals surface area contributed by atoms with E-state index in [4.69, 9.17) is 0 Å². The molecule has 1 heterocycles. The lowest BCUT2D eigenvalue weighted by atomic mass is 10.1. The molecule has 1 aromatic heterocycles. The maximum atomic E-state index is 13.5. The van der Waals surface area contributed by atoms with Crippen LogP contribution in [-0.4, -0.2) is 14.7 Å². The Kier molecular flexibility index (Phi) is 3.16. The van der Waals surface area contributed by atoms with E-state index >= 15 is 0 Å². The Hall–Kier alpha value is -2.36. The highest BCUT2D eigenvalue weighted by atomic mass is 19.1. The minimum atomic E-state index is -0.266. The molecule has 0 saturated carbocycles. The molecule has 0 aliphatic carbocycles. The molecule has 0 fully saturated rings. The van der Waals surface area contributed by atoms with Gasteiger partial charge in [0, 0.05) is 11.6 Å². The van der Waals surface area contributed by atoms with Gasteiger partial charge in [0.25, 0.3) is 0 Å². The second-order valence-corrected chi connectivity index (χ2v) is 5.53.